The van der Waals surface area contributed by atoms with E-state index in [2.05, 4.69) is 31.7 Å². The van der Waals surface area contributed by atoms with Crippen LogP contribution in [0.25, 0.3) is 0 Å². The number of hydrogen-bond donors (Lipinski definition) is 0. The van der Waals surface area contributed by atoms with Gasteiger partial charge in [0.15, 0.2) is 6.34 Å². The van der Waals surface area contributed by atoms with E-state index in [1.165, 1.54) is 0 Å². The molecule has 1 heterocycles. The zero-order valence-electron chi connectivity index (χ0n) is 5.89. The summed E-state index contributed by atoms with van der Waals surface area (Å²) in [5, 5.41) is 0. The standard InChI is InChI=1S/C7H11N2/c1-3-7-5-9(4-2)6-8-7/h7H,3-4H2,1-2H3. The van der Waals surface area contributed by atoms with Gasteiger partial charge in [-0.15, -0.1) is 0 Å². The maximum absolute atomic E-state index is 4.07. The lowest BCUT2D eigenvalue weighted by Crippen LogP contribution is -2.16. The Morgan fingerprint density at radius 1 is 1.56 bits per heavy atom. The van der Waals surface area contributed by atoms with Gasteiger partial charge >= 0.3 is 0 Å². The molecule has 0 N–H and O–H groups in total. The van der Waals surface area contributed by atoms with Crippen molar-refractivity contribution in [1.29, 1.82) is 0 Å². The van der Waals surface area contributed by atoms with Crippen molar-refractivity contribution in [3.05, 3.63) is 6.54 Å². The molecular weight excluding hydrogens is 112 g/mol. The monoisotopic (exact) mass is 123 g/mol. The molecule has 0 bridgehead atoms. The summed E-state index contributed by atoms with van der Waals surface area (Å²) in [7, 11) is 0. The summed E-state index contributed by atoms with van der Waals surface area (Å²) in [6, 6.07) is 0.268. The number of hydrogen-bond acceptors (Lipinski definition) is 2. The third-order valence-electron chi connectivity index (χ3n) is 1.34. The van der Waals surface area contributed by atoms with Crippen LogP contribution >= 0.6 is 0 Å². The van der Waals surface area contributed by atoms with E-state index in [0.29, 0.717) is 0 Å². The van der Waals surface area contributed by atoms with E-state index in [-0.39, 0.29) is 6.04 Å². The second kappa shape index (κ2) is 2.85. The normalized spacial score (nSPS) is 25.6. The first-order valence-corrected chi connectivity index (χ1v) is 3.36. The van der Waals surface area contributed by atoms with Gasteiger partial charge < -0.3 is 4.90 Å². The SMILES string of the molecule is CCC1[C]N(CC)[C]=N1. The molecule has 1 atom stereocenters. The van der Waals surface area contributed by atoms with Gasteiger partial charge in [-0.05, 0) is 13.3 Å². The van der Waals surface area contributed by atoms with Gasteiger partial charge in [0, 0.05) is 6.54 Å². The highest BCUT2D eigenvalue weighted by Gasteiger charge is 2.15. The molecule has 0 aromatic heterocycles. The molecule has 0 fully saturated rings. The highest BCUT2D eigenvalue weighted by molar-refractivity contribution is 5.59. The minimum absolute atomic E-state index is 0.268. The highest BCUT2D eigenvalue weighted by atomic mass is 15.2. The van der Waals surface area contributed by atoms with Crippen LogP contribution in [0.15, 0.2) is 4.99 Å². The van der Waals surface area contributed by atoms with Crippen molar-refractivity contribution in [1.82, 2.24) is 4.90 Å². The molecular formula is C7H11N2. The van der Waals surface area contributed by atoms with Crippen molar-refractivity contribution < 1.29 is 0 Å². The van der Waals surface area contributed by atoms with E-state index >= 15 is 0 Å². The van der Waals surface area contributed by atoms with Crippen molar-refractivity contribution in [3.63, 3.8) is 0 Å². The molecule has 1 aliphatic rings. The third-order valence-corrected chi connectivity index (χ3v) is 1.34. The highest BCUT2D eigenvalue weighted by Crippen LogP contribution is 2.10. The van der Waals surface area contributed by atoms with Crippen LogP contribution in [-0.2, 0) is 0 Å². The van der Waals surface area contributed by atoms with Gasteiger partial charge in [-0.1, -0.05) is 6.92 Å². The topological polar surface area (TPSA) is 15.6 Å². The molecule has 2 nitrogen and oxygen atoms in total. The predicted octanol–water partition coefficient (Wildman–Crippen LogP) is 1.04. The molecule has 0 saturated carbocycles. The molecule has 0 spiro atoms. The largest absolute Gasteiger partial charge is 0.341 e. The van der Waals surface area contributed by atoms with Gasteiger partial charge in [0.25, 0.3) is 0 Å². The Balaban J connectivity index is 2.31. The van der Waals surface area contributed by atoms with Crippen molar-refractivity contribution in [3.8, 4) is 0 Å². The van der Waals surface area contributed by atoms with Crippen LogP contribution in [0.5, 0.6) is 0 Å². The molecule has 1 aliphatic heterocycles. The first kappa shape index (κ1) is 6.59. The van der Waals surface area contributed by atoms with Gasteiger partial charge in [-0.3, -0.25) is 4.99 Å². The van der Waals surface area contributed by atoms with Gasteiger partial charge in [0.2, 0.25) is 0 Å². The van der Waals surface area contributed by atoms with Crippen LogP contribution in [0.3, 0.4) is 0 Å². The fraction of sp³-hybridized carbons (Fsp3) is 0.714. The Morgan fingerprint density at radius 2 is 2.33 bits per heavy atom. The molecule has 2 heteroatoms. The Morgan fingerprint density at radius 3 is 2.67 bits per heavy atom. The average Bonchev–Trinajstić information content (AvgIpc) is 2.34. The Hall–Kier alpha value is -0.530. The van der Waals surface area contributed by atoms with E-state index in [0.717, 1.165) is 13.0 Å². The van der Waals surface area contributed by atoms with Crippen molar-refractivity contribution in [2.75, 3.05) is 6.54 Å². The zero-order chi connectivity index (χ0) is 6.69. The van der Waals surface area contributed by atoms with Crippen LogP contribution in [0.4, 0.5) is 0 Å². The third kappa shape index (κ3) is 1.44. The fourth-order valence-electron chi connectivity index (χ4n) is 0.722. The molecule has 49 valence electrons. The maximum Gasteiger partial charge on any atom is 0.168 e. The first-order valence-electron chi connectivity index (χ1n) is 3.36. The van der Waals surface area contributed by atoms with Crippen LogP contribution < -0.4 is 0 Å². The summed E-state index contributed by atoms with van der Waals surface area (Å²) in [6.07, 6.45) is 3.89. The molecule has 1 rings (SSSR count). The van der Waals surface area contributed by atoms with Crippen molar-refractivity contribution in [2.45, 2.75) is 26.3 Å². The van der Waals surface area contributed by atoms with E-state index < -0.39 is 0 Å². The number of rotatable bonds is 2. The number of nitrogens with zero attached hydrogens (tertiary/aromatic N) is 2. The lowest BCUT2D eigenvalue weighted by Gasteiger charge is -2.08. The average molecular weight is 123 g/mol. The number of aliphatic imine (C=N–C) groups is 1. The van der Waals surface area contributed by atoms with Crippen LogP contribution in [0.2, 0.25) is 0 Å². The number of likely N-dealkylation sites (N-methyl/N-ethyl adjacent to an activating group) is 1. The van der Waals surface area contributed by atoms with Gasteiger partial charge in [-0.25, -0.2) is 0 Å². The molecule has 0 aromatic carbocycles. The molecule has 1 unspecified atom stereocenters. The Kier molecular flexibility index (Phi) is 2.09. The summed E-state index contributed by atoms with van der Waals surface area (Å²) in [4.78, 5) is 5.94. The first-order chi connectivity index (χ1) is 4.36. The maximum atomic E-state index is 4.07. The lowest BCUT2D eigenvalue weighted by atomic mass is 10.2. The van der Waals surface area contributed by atoms with Crippen molar-refractivity contribution >= 4 is 6.34 Å². The quantitative estimate of drug-likeness (QED) is 0.535. The van der Waals surface area contributed by atoms with Gasteiger partial charge in [0.05, 0.1) is 6.04 Å². The van der Waals surface area contributed by atoms with Gasteiger partial charge in [0.1, 0.15) is 6.54 Å². The van der Waals surface area contributed by atoms with Crippen LogP contribution in [0, 0.1) is 6.54 Å². The molecule has 0 amide bonds. The van der Waals surface area contributed by atoms with Crippen LogP contribution in [-0.4, -0.2) is 23.8 Å². The molecule has 9 heavy (non-hydrogen) atoms. The fourth-order valence-corrected chi connectivity index (χ4v) is 0.722. The Bertz CT molecular complexity index is 97.5. The lowest BCUT2D eigenvalue weighted by molar-refractivity contribution is 0.525. The van der Waals surface area contributed by atoms with E-state index in [4.69, 9.17) is 0 Å². The summed E-state index contributed by atoms with van der Waals surface area (Å²) in [5.41, 5.74) is 0. The predicted molar refractivity (Wildman–Crippen MR) is 37.1 cm³/mol. The van der Waals surface area contributed by atoms with Crippen LogP contribution in [0.1, 0.15) is 20.3 Å². The van der Waals surface area contributed by atoms with E-state index in [1.54, 1.807) is 0 Å². The zero-order valence-corrected chi connectivity index (χ0v) is 5.89. The van der Waals surface area contributed by atoms with E-state index in [9.17, 15) is 0 Å². The minimum Gasteiger partial charge on any atom is -0.341 e. The smallest absolute Gasteiger partial charge is 0.168 e. The molecule has 0 aromatic rings. The van der Waals surface area contributed by atoms with Gasteiger partial charge in [-0.2, -0.15) is 0 Å². The molecule has 0 saturated heterocycles. The second-order valence-electron chi connectivity index (χ2n) is 2.03. The van der Waals surface area contributed by atoms with Crippen molar-refractivity contribution in [2.24, 2.45) is 4.99 Å². The summed E-state index contributed by atoms with van der Waals surface area (Å²) < 4.78 is 0. The molecule has 3 radical (unpaired) electrons. The molecule has 0 aliphatic carbocycles. The summed E-state index contributed by atoms with van der Waals surface area (Å²) in [6.45, 7) is 8.24. The summed E-state index contributed by atoms with van der Waals surface area (Å²) in [5.74, 6) is 0. The second-order valence-corrected chi connectivity index (χ2v) is 2.03. The summed E-state index contributed by atoms with van der Waals surface area (Å²) >= 11 is 0. The Labute approximate surface area is 56.6 Å². The van der Waals surface area contributed by atoms with E-state index in [1.807, 2.05) is 4.90 Å². The minimum atomic E-state index is 0.268.